The molecule has 0 saturated heterocycles. The number of hydrogen-bond donors (Lipinski definition) is 2. The Labute approximate surface area is 164 Å². The minimum absolute atomic E-state index is 0.449. The van der Waals surface area contributed by atoms with E-state index in [9.17, 15) is 0 Å². The van der Waals surface area contributed by atoms with E-state index in [1.165, 1.54) is 6.26 Å². The van der Waals surface area contributed by atoms with E-state index in [0.29, 0.717) is 17.0 Å². The minimum Gasteiger partial charge on any atom is -0.470 e. The minimum atomic E-state index is -1.18. The fourth-order valence-corrected chi connectivity index (χ4v) is 3.17. The summed E-state index contributed by atoms with van der Waals surface area (Å²) in [5, 5.41) is 3.42. The van der Waals surface area contributed by atoms with Gasteiger partial charge in [-0.3, -0.25) is 20.3 Å². The highest BCUT2D eigenvalue weighted by Crippen LogP contribution is 2.31. The van der Waals surface area contributed by atoms with Gasteiger partial charge >= 0.3 is 0 Å². The van der Waals surface area contributed by atoms with Crippen LogP contribution in [-0.2, 0) is 5.66 Å². The van der Waals surface area contributed by atoms with Crippen LogP contribution in [0.1, 0.15) is 22.9 Å². The summed E-state index contributed by atoms with van der Waals surface area (Å²) in [7, 11) is 1.68. The first-order chi connectivity index (χ1) is 13.6. The molecule has 2 unspecified atom stereocenters. The molecular formula is C22H23N5O. The predicted octanol–water partition coefficient (Wildman–Crippen LogP) is 3.83. The maximum atomic E-state index is 6.97. The van der Waals surface area contributed by atoms with Gasteiger partial charge in [-0.2, -0.15) is 0 Å². The Morgan fingerprint density at radius 1 is 1.04 bits per heavy atom. The maximum Gasteiger partial charge on any atom is 0.138 e. The number of aliphatic imine (C=N–C) groups is 3. The number of rotatable bonds is 8. The number of benzene rings is 2. The lowest BCUT2D eigenvalue weighted by molar-refractivity contribution is 0.398. The summed E-state index contributed by atoms with van der Waals surface area (Å²) in [5.41, 5.74) is 9.32. The average molecular weight is 373 g/mol. The SMILES string of the molecule is C=Nc1cocc1C(=NC)C(N)(NC(N=C)c1ccccc1)c1ccccc1. The molecule has 3 rings (SSSR count). The standard InChI is InChI=1S/C22H23N5O/c1-24-19-15-28-14-18(19)20(25-2)22(23,17-12-8-5-9-13-17)27-21(26-3)16-10-6-4-7-11-16/h4-15,21,27H,1,3,23H2,2H3. The third-order valence-electron chi connectivity index (χ3n) is 4.56. The zero-order valence-corrected chi connectivity index (χ0v) is 15.7. The van der Waals surface area contributed by atoms with Crippen molar-refractivity contribution in [1.29, 1.82) is 0 Å². The van der Waals surface area contributed by atoms with Crippen molar-refractivity contribution in [2.45, 2.75) is 11.8 Å². The molecule has 2 atom stereocenters. The molecule has 0 amide bonds. The summed E-state index contributed by atoms with van der Waals surface area (Å²) in [6.45, 7) is 7.35. The molecule has 0 saturated carbocycles. The summed E-state index contributed by atoms with van der Waals surface area (Å²) in [4.78, 5) is 12.8. The molecule has 1 heterocycles. The molecule has 0 aliphatic carbocycles. The molecule has 0 radical (unpaired) electrons. The van der Waals surface area contributed by atoms with Gasteiger partial charge < -0.3 is 10.2 Å². The fraction of sp³-hybridized carbons (Fsp3) is 0.136. The van der Waals surface area contributed by atoms with Gasteiger partial charge in [0.15, 0.2) is 0 Å². The Morgan fingerprint density at radius 2 is 1.68 bits per heavy atom. The second-order valence-electron chi connectivity index (χ2n) is 6.22. The Hall–Kier alpha value is -3.35. The van der Waals surface area contributed by atoms with Crippen LogP contribution < -0.4 is 11.1 Å². The van der Waals surface area contributed by atoms with E-state index in [1.807, 2.05) is 60.7 Å². The van der Waals surface area contributed by atoms with Crippen molar-refractivity contribution < 1.29 is 4.42 Å². The normalized spacial score (nSPS) is 14.9. The van der Waals surface area contributed by atoms with Crippen LogP contribution >= 0.6 is 0 Å². The van der Waals surface area contributed by atoms with Gasteiger partial charge in [-0.15, -0.1) is 0 Å². The third kappa shape index (κ3) is 3.69. The van der Waals surface area contributed by atoms with E-state index < -0.39 is 11.8 Å². The van der Waals surface area contributed by atoms with Crippen LogP contribution in [0.3, 0.4) is 0 Å². The van der Waals surface area contributed by atoms with E-state index in [0.717, 1.165) is 11.1 Å². The predicted molar refractivity (Wildman–Crippen MR) is 115 cm³/mol. The highest BCUT2D eigenvalue weighted by atomic mass is 16.3. The van der Waals surface area contributed by atoms with Crippen molar-refractivity contribution in [3.8, 4) is 0 Å². The molecule has 142 valence electrons. The smallest absolute Gasteiger partial charge is 0.138 e. The molecule has 3 N–H and O–H groups in total. The van der Waals surface area contributed by atoms with E-state index in [-0.39, 0.29) is 0 Å². The summed E-state index contributed by atoms with van der Waals surface area (Å²) in [6, 6.07) is 19.4. The van der Waals surface area contributed by atoms with Crippen molar-refractivity contribution in [2.24, 2.45) is 20.7 Å². The molecule has 0 aliphatic rings. The Kier molecular flexibility index (Phi) is 5.93. The van der Waals surface area contributed by atoms with E-state index in [1.54, 1.807) is 13.3 Å². The van der Waals surface area contributed by atoms with Crippen molar-refractivity contribution >= 4 is 24.8 Å². The first-order valence-corrected chi connectivity index (χ1v) is 8.77. The lowest BCUT2D eigenvalue weighted by Gasteiger charge is -2.35. The van der Waals surface area contributed by atoms with Gasteiger partial charge in [-0.1, -0.05) is 60.7 Å². The van der Waals surface area contributed by atoms with Crippen LogP contribution in [0.5, 0.6) is 0 Å². The average Bonchev–Trinajstić information content (AvgIpc) is 3.22. The highest BCUT2D eigenvalue weighted by molar-refractivity contribution is 6.10. The van der Waals surface area contributed by atoms with E-state index >= 15 is 0 Å². The van der Waals surface area contributed by atoms with Crippen molar-refractivity contribution in [1.82, 2.24) is 5.32 Å². The molecule has 3 aromatic rings. The summed E-state index contributed by atoms with van der Waals surface area (Å²) in [5.74, 6) is 0. The second-order valence-corrected chi connectivity index (χ2v) is 6.22. The zero-order valence-electron chi connectivity index (χ0n) is 15.7. The number of nitrogens with one attached hydrogen (secondary N) is 1. The van der Waals surface area contributed by atoms with Crippen LogP contribution in [0.25, 0.3) is 0 Å². The molecule has 0 aliphatic heterocycles. The largest absolute Gasteiger partial charge is 0.470 e. The van der Waals surface area contributed by atoms with Crippen molar-refractivity contribution in [3.63, 3.8) is 0 Å². The fourth-order valence-electron chi connectivity index (χ4n) is 3.17. The Balaban J connectivity index is 2.13. The van der Waals surface area contributed by atoms with Crippen LogP contribution in [0.15, 0.2) is 92.6 Å². The molecule has 2 aromatic carbocycles. The van der Waals surface area contributed by atoms with Crippen molar-refractivity contribution in [2.75, 3.05) is 7.05 Å². The number of hydrogen-bond acceptors (Lipinski definition) is 6. The maximum absolute atomic E-state index is 6.97. The number of nitrogens with zero attached hydrogens (tertiary/aromatic N) is 3. The lowest BCUT2D eigenvalue weighted by Crippen LogP contribution is -2.57. The van der Waals surface area contributed by atoms with E-state index in [4.69, 9.17) is 10.2 Å². The third-order valence-corrected chi connectivity index (χ3v) is 4.56. The molecule has 0 bridgehead atoms. The molecule has 0 fully saturated rings. The van der Waals surface area contributed by atoms with E-state index in [2.05, 4.69) is 33.7 Å². The second kappa shape index (κ2) is 8.56. The molecule has 6 nitrogen and oxygen atoms in total. The van der Waals surface area contributed by atoms with Gasteiger partial charge in [-0.05, 0) is 24.6 Å². The number of nitrogens with two attached hydrogens (primary N) is 1. The van der Waals surface area contributed by atoms with Gasteiger partial charge in [0.05, 0.1) is 11.3 Å². The summed E-state index contributed by atoms with van der Waals surface area (Å²) < 4.78 is 5.33. The highest BCUT2D eigenvalue weighted by Gasteiger charge is 2.38. The molecule has 6 heteroatoms. The van der Waals surface area contributed by atoms with Crippen LogP contribution in [0.4, 0.5) is 5.69 Å². The first kappa shape index (κ1) is 19.4. The van der Waals surface area contributed by atoms with Gasteiger partial charge in [0.1, 0.15) is 30.0 Å². The topological polar surface area (TPSA) is 88.3 Å². The van der Waals surface area contributed by atoms with Gasteiger partial charge in [0, 0.05) is 7.05 Å². The lowest BCUT2D eigenvalue weighted by atomic mass is 9.90. The van der Waals surface area contributed by atoms with Gasteiger partial charge in [0.25, 0.3) is 0 Å². The number of furan rings is 1. The Morgan fingerprint density at radius 3 is 2.25 bits per heavy atom. The molecular weight excluding hydrogens is 350 g/mol. The summed E-state index contributed by atoms with van der Waals surface area (Å²) in [6.07, 6.45) is 2.63. The quantitative estimate of drug-likeness (QED) is 0.464. The van der Waals surface area contributed by atoms with Crippen LogP contribution in [0, 0.1) is 0 Å². The van der Waals surface area contributed by atoms with Crippen molar-refractivity contribution in [3.05, 3.63) is 89.9 Å². The Bertz CT molecular complexity index is 965. The molecule has 0 spiro atoms. The monoisotopic (exact) mass is 373 g/mol. The first-order valence-electron chi connectivity index (χ1n) is 8.77. The van der Waals surface area contributed by atoms with Crippen LogP contribution in [-0.4, -0.2) is 26.2 Å². The molecule has 28 heavy (non-hydrogen) atoms. The van der Waals surface area contributed by atoms with Gasteiger partial charge in [0.2, 0.25) is 0 Å². The van der Waals surface area contributed by atoms with Gasteiger partial charge in [-0.25, -0.2) is 0 Å². The van der Waals surface area contributed by atoms with Crippen LogP contribution in [0.2, 0.25) is 0 Å². The molecule has 1 aromatic heterocycles. The summed E-state index contributed by atoms with van der Waals surface area (Å²) >= 11 is 0. The zero-order chi connectivity index (χ0) is 20.0.